The Morgan fingerprint density at radius 1 is 1.18 bits per heavy atom. The van der Waals surface area contributed by atoms with E-state index in [1.54, 1.807) is 29.2 Å². The Bertz CT molecular complexity index is 867. The topological polar surface area (TPSA) is 186 Å². The number of morpholine rings is 1. The number of rotatable bonds is 11. The van der Waals surface area contributed by atoms with Crippen LogP contribution < -0.4 is 22.5 Å². The normalized spacial score (nSPS) is 15.1. The van der Waals surface area contributed by atoms with Crippen LogP contribution in [0.2, 0.25) is 0 Å². The number of carbonyl (C=O) groups is 3. The van der Waals surface area contributed by atoms with Crippen molar-refractivity contribution in [2.24, 2.45) is 22.2 Å². The van der Waals surface area contributed by atoms with Gasteiger partial charge in [-0.3, -0.25) is 14.6 Å². The van der Waals surface area contributed by atoms with Crippen molar-refractivity contribution in [1.82, 2.24) is 10.2 Å². The van der Waals surface area contributed by atoms with Gasteiger partial charge >= 0.3 is 5.97 Å². The van der Waals surface area contributed by atoms with E-state index in [0.29, 0.717) is 51.3 Å². The fraction of sp³-hybridized carbons (Fsp3) is 0.455. The van der Waals surface area contributed by atoms with Crippen molar-refractivity contribution in [2.45, 2.75) is 31.3 Å². The summed E-state index contributed by atoms with van der Waals surface area (Å²) in [5, 5.41) is 11.6. The molecule has 1 unspecified atom stereocenters. The molecule has 2 atom stereocenters. The van der Waals surface area contributed by atoms with Gasteiger partial charge in [0, 0.05) is 37.3 Å². The van der Waals surface area contributed by atoms with Gasteiger partial charge in [-0.25, -0.2) is 4.79 Å². The quantitative estimate of drug-likeness (QED) is 0.110. The van der Waals surface area contributed by atoms with Gasteiger partial charge in [-0.1, -0.05) is 18.2 Å². The molecule has 1 aromatic rings. The molecule has 2 rings (SSSR count). The maximum Gasteiger partial charge on any atom is 0.328 e. The first kappa shape index (κ1) is 29.1. The zero-order chi connectivity index (χ0) is 24.2. The number of hydrogen-bond donors (Lipinski definition) is 5. The molecule has 0 aliphatic carbocycles. The van der Waals surface area contributed by atoms with Crippen molar-refractivity contribution in [2.75, 3.05) is 32.8 Å². The lowest BCUT2D eigenvalue weighted by atomic mass is 10.0. The number of amides is 2. The molecule has 11 nitrogen and oxygen atoms in total. The molecule has 12 heteroatoms. The van der Waals surface area contributed by atoms with Crippen LogP contribution in [0.4, 0.5) is 0 Å². The van der Waals surface area contributed by atoms with Crippen LogP contribution in [0.1, 0.15) is 28.8 Å². The molecule has 0 spiro atoms. The fourth-order valence-electron chi connectivity index (χ4n) is 3.30. The molecule has 0 saturated carbocycles. The van der Waals surface area contributed by atoms with Crippen LogP contribution in [0, 0.1) is 0 Å². The number of carboxylic acids is 1. The first-order valence-corrected chi connectivity index (χ1v) is 10.7. The summed E-state index contributed by atoms with van der Waals surface area (Å²) in [4.78, 5) is 41.6. The van der Waals surface area contributed by atoms with E-state index in [4.69, 9.17) is 27.0 Å². The van der Waals surface area contributed by atoms with Gasteiger partial charge in [-0.15, -0.1) is 17.0 Å². The highest BCUT2D eigenvalue weighted by Crippen LogP contribution is 2.11. The molecule has 2 amide bonds. The Kier molecular flexibility index (Phi) is 12.9. The molecule has 188 valence electrons. The van der Waals surface area contributed by atoms with Gasteiger partial charge < -0.3 is 37.3 Å². The Morgan fingerprint density at radius 2 is 1.82 bits per heavy atom. The Labute approximate surface area is 209 Å². The lowest BCUT2D eigenvalue weighted by molar-refractivity contribution is -0.131. The van der Waals surface area contributed by atoms with E-state index in [0.717, 1.165) is 11.6 Å². The van der Waals surface area contributed by atoms with Crippen molar-refractivity contribution in [1.29, 1.82) is 0 Å². The second-order valence-electron chi connectivity index (χ2n) is 7.67. The summed E-state index contributed by atoms with van der Waals surface area (Å²) in [5.41, 5.74) is 18.0. The average molecular weight is 541 g/mol. The number of nitrogens with zero attached hydrogens (tertiary/aromatic N) is 2. The zero-order valence-corrected chi connectivity index (χ0v) is 20.6. The van der Waals surface area contributed by atoms with Crippen LogP contribution in [-0.2, 0) is 20.7 Å². The van der Waals surface area contributed by atoms with E-state index < -0.39 is 24.0 Å². The molecule has 1 heterocycles. The summed E-state index contributed by atoms with van der Waals surface area (Å²) in [6.45, 7) is 2.55. The summed E-state index contributed by atoms with van der Waals surface area (Å²) in [7, 11) is 0. The van der Waals surface area contributed by atoms with Crippen LogP contribution in [0.25, 0.3) is 0 Å². The molecular formula is C22H33BrN6O5. The Morgan fingerprint density at radius 3 is 2.41 bits per heavy atom. The molecule has 34 heavy (non-hydrogen) atoms. The smallest absolute Gasteiger partial charge is 0.328 e. The lowest BCUT2D eigenvalue weighted by Crippen LogP contribution is -2.46. The van der Waals surface area contributed by atoms with Crippen LogP contribution in [0.3, 0.4) is 0 Å². The van der Waals surface area contributed by atoms with Gasteiger partial charge in [0.05, 0.1) is 19.3 Å². The minimum Gasteiger partial charge on any atom is -0.478 e. The van der Waals surface area contributed by atoms with Gasteiger partial charge in [-0.05, 0) is 37.0 Å². The first-order chi connectivity index (χ1) is 15.8. The number of aliphatic carboxylic acids is 1. The summed E-state index contributed by atoms with van der Waals surface area (Å²) in [6, 6.07) is 5.63. The number of hydrogen-bond acceptors (Lipinski definition) is 6. The third-order valence-corrected chi connectivity index (χ3v) is 5.06. The number of aliphatic imine (C=N–C) groups is 1. The molecule has 0 bridgehead atoms. The second-order valence-corrected chi connectivity index (χ2v) is 7.67. The zero-order valence-electron chi connectivity index (χ0n) is 18.9. The van der Waals surface area contributed by atoms with Gasteiger partial charge in [0.1, 0.15) is 0 Å². The molecule has 1 saturated heterocycles. The van der Waals surface area contributed by atoms with Crippen LogP contribution in [0.5, 0.6) is 0 Å². The van der Waals surface area contributed by atoms with E-state index in [1.165, 1.54) is 6.08 Å². The SMILES string of the molecule is Br.NC(N)=NCCCC(C=CC(=O)O)NC(=O)[C@@H](N)Cc1ccc(C(=O)N2CCOCC2)cc1. The standard InChI is InChI=1S/C22H32N6O5.BrH/c23-18(20(31)27-17(7-8-19(29)30)2-1-9-26-22(24)25)14-15-3-5-16(6-4-15)21(32)28-10-12-33-13-11-28;/h3-8,17-18H,1-2,9-14,23H2,(H,27,31)(H,29,30)(H4,24,25,26);1H/t17?,18-;/m0./s1. The highest BCUT2D eigenvalue weighted by molar-refractivity contribution is 8.93. The van der Waals surface area contributed by atoms with E-state index in [1.807, 2.05) is 0 Å². The van der Waals surface area contributed by atoms with Crippen molar-refractivity contribution < 1.29 is 24.2 Å². The molecule has 1 aliphatic rings. The van der Waals surface area contributed by atoms with E-state index >= 15 is 0 Å². The number of halogens is 1. The van der Waals surface area contributed by atoms with E-state index in [2.05, 4.69) is 10.3 Å². The van der Waals surface area contributed by atoms with Crippen LogP contribution in [-0.4, -0.2) is 78.7 Å². The highest BCUT2D eigenvalue weighted by atomic mass is 79.9. The van der Waals surface area contributed by atoms with Gasteiger partial charge in [0.15, 0.2) is 5.96 Å². The number of carbonyl (C=O) groups excluding carboxylic acids is 2. The van der Waals surface area contributed by atoms with Gasteiger partial charge in [0.2, 0.25) is 5.91 Å². The van der Waals surface area contributed by atoms with Crippen molar-refractivity contribution >= 4 is 40.7 Å². The minimum absolute atomic E-state index is 0. The number of guanidine groups is 1. The van der Waals surface area contributed by atoms with E-state index in [-0.39, 0.29) is 35.3 Å². The summed E-state index contributed by atoms with van der Waals surface area (Å²) in [5.74, 6) is -1.61. The monoisotopic (exact) mass is 540 g/mol. The van der Waals surface area contributed by atoms with Crippen LogP contribution >= 0.6 is 17.0 Å². The van der Waals surface area contributed by atoms with Crippen molar-refractivity contribution in [3.05, 3.63) is 47.5 Å². The number of nitrogens with one attached hydrogen (secondary N) is 1. The van der Waals surface area contributed by atoms with Crippen molar-refractivity contribution in [3.8, 4) is 0 Å². The number of nitrogens with two attached hydrogens (primary N) is 3. The minimum atomic E-state index is -1.12. The predicted octanol–water partition coefficient (Wildman–Crippen LogP) is -0.214. The molecule has 0 radical (unpaired) electrons. The summed E-state index contributed by atoms with van der Waals surface area (Å²) < 4.78 is 5.27. The largest absolute Gasteiger partial charge is 0.478 e. The Hall–Kier alpha value is -2.96. The molecule has 1 aromatic carbocycles. The average Bonchev–Trinajstić information content (AvgIpc) is 2.80. The van der Waals surface area contributed by atoms with Crippen LogP contribution in [0.15, 0.2) is 41.4 Å². The maximum absolute atomic E-state index is 12.6. The maximum atomic E-state index is 12.6. The summed E-state index contributed by atoms with van der Waals surface area (Å²) in [6.07, 6.45) is 3.62. The van der Waals surface area contributed by atoms with Crippen molar-refractivity contribution in [3.63, 3.8) is 0 Å². The number of benzene rings is 1. The molecular weight excluding hydrogens is 508 g/mol. The number of ether oxygens (including phenoxy) is 1. The third-order valence-electron chi connectivity index (χ3n) is 5.06. The van der Waals surface area contributed by atoms with Gasteiger partial charge in [-0.2, -0.15) is 0 Å². The first-order valence-electron chi connectivity index (χ1n) is 10.7. The molecule has 1 aliphatic heterocycles. The predicted molar refractivity (Wildman–Crippen MR) is 134 cm³/mol. The number of carboxylic acid groups (broad SMARTS) is 1. The summed E-state index contributed by atoms with van der Waals surface area (Å²) >= 11 is 0. The highest BCUT2D eigenvalue weighted by Gasteiger charge is 2.20. The molecule has 1 fully saturated rings. The Balaban J connectivity index is 0.00000578. The lowest BCUT2D eigenvalue weighted by Gasteiger charge is -2.26. The second kappa shape index (κ2) is 15.0. The fourth-order valence-corrected chi connectivity index (χ4v) is 3.30. The van der Waals surface area contributed by atoms with Gasteiger partial charge in [0.25, 0.3) is 5.91 Å². The molecule has 8 N–H and O–H groups in total. The third kappa shape index (κ3) is 10.3. The van der Waals surface area contributed by atoms with E-state index in [9.17, 15) is 14.4 Å². The molecule has 0 aromatic heterocycles.